The zero-order valence-corrected chi connectivity index (χ0v) is 15.3. The molecule has 2 amide bonds. The van der Waals surface area contributed by atoms with Crippen LogP contribution in [0.15, 0.2) is 42.5 Å². The maximum absolute atomic E-state index is 12.4. The first-order valence-corrected chi connectivity index (χ1v) is 8.09. The lowest BCUT2D eigenvalue weighted by atomic mass is 10.2. The second-order valence-electron chi connectivity index (χ2n) is 5.72. The van der Waals surface area contributed by atoms with Crippen molar-refractivity contribution in [3.05, 3.63) is 42.5 Å². The molecule has 0 aliphatic rings. The third-order valence-corrected chi connectivity index (χ3v) is 3.60. The summed E-state index contributed by atoms with van der Waals surface area (Å²) in [6, 6.07) is 11.7. The first-order valence-electron chi connectivity index (χ1n) is 8.09. The zero-order chi connectivity index (χ0) is 19.1. The summed E-state index contributed by atoms with van der Waals surface area (Å²) in [6.07, 6.45) is 0. The fraction of sp³-hybridized carbons (Fsp3) is 0.263. The van der Waals surface area contributed by atoms with Gasteiger partial charge in [0.1, 0.15) is 17.5 Å². The molecule has 2 rings (SSSR count). The summed E-state index contributed by atoms with van der Waals surface area (Å²) in [6.45, 7) is 3.20. The first-order chi connectivity index (χ1) is 12.4. The number of carbonyl (C=O) groups excluding carboxylic acids is 2. The van der Waals surface area contributed by atoms with Crippen molar-refractivity contribution in [3.8, 4) is 11.5 Å². The highest BCUT2D eigenvalue weighted by Gasteiger charge is 2.14. The van der Waals surface area contributed by atoms with Crippen molar-refractivity contribution in [2.24, 2.45) is 0 Å². The van der Waals surface area contributed by atoms with Crippen LogP contribution in [0, 0.1) is 0 Å². The van der Waals surface area contributed by atoms with Gasteiger partial charge < -0.3 is 25.4 Å². The lowest BCUT2D eigenvalue weighted by Gasteiger charge is -2.17. The lowest BCUT2D eigenvalue weighted by molar-refractivity contribution is -0.116. The van der Waals surface area contributed by atoms with Gasteiger partial charge in [-0.3, -0.25) is 9.59 Å². The van der Waals surface area contributed by atoms with E-state index >= 15 is 0 Å². The molecule has 0 aliphatic carbocycles. The van der Waals surface area contributed by atoms with E-state index in [1.165, 1.54) is 6.92 Å². The average Bonchev–Trinajstić information content (AvgIpc) is 2.62. The molecule has 0 radical (unpaired) electrons. The standard InChI is InChI=1S/C19H23N3O4/c1-12(20-16-9-17(25-3)11-18(10-16)26-4)19(24)22-15-7-5-14(6-8-15)21-13(2)23/h5-12,20H,1-4H3,(H,21,23)(H,22,24). The van der Waals surface area contributed by atoms with E-state index in [1.807, 2.05) is 0 Å². The van der Waals surface area contributed by atoms with Crippen LogP contribution in [0.1, 0.15) is 13.8 Å². The van der Waals surface area contributed by atoms with Crippen molar-refractivity contribution >= 4 is 28.9 Å². The largest absolute Gasteiger partial charge is 0.497 e. The molecule has 1 unspecified atom stereocenters. The van der Waals surface area contributed by atoms with Gasteiger partial charge >= 0.3 is 0 Å². The highest BCUT2D eigenvalue weighted by atomic mass is 16.5. The number of rotatable bonds is 7. The Bertz CT molecular complexity index is 753. The lowest BCUT2D eigenvalue weighted by Crippen LogP contribution is -2.31. The Balaban J connectivity index is 2.00. The Morgan fingerprint density at radius 1 is 0.846 bits per heavy atom. The number of nitrogens with one attached hydrogen (secondary N) is 3. The van der Waals surface area contributed by atoms with E-state index in [1.54, 1.807) is 63.6 Å². The Morgan fingerprint density at radius 3 is 1.81 bits per heavy atom. The van der Waals surface area contributed by atoms with Crippen LogP contribution in [0.2, 0.25) is 0 Å². The molecule has 138 valence electrons. The van der Waals surface area contributed by atoms with Gasteiger partial charge in [-0.25, -0.2) is 0 Å². The molecule has 0 bridgehead atoms. The molecule has 0 aliphatic heterocycles. The number of benzene rings is 2. The van der Waals surface area contributed by atoms with Crippen molar-refractivity contribution in [1.82, 2.24) is 0 Å². The highest BCUT2D eigenvalue weighted by molar-refractivity contribution is 5.96. The van der Waals surface area contributed by atoms with Crippen molar-refractivity contribution < 1.29 is 19.1 Å². The SMILES string of the molecule is COc1cc(NC(C)C(=O)Nc2ccc(NC(C)=O)cc2)cc(OC)c1. The number of amides is 2. The smallest absolute Gasteiger partial charge is 0.246 e. The molecule has 3 N–H and O–H groups in total. The molecule has 7 nitrogen and oxygen atoms in total. The van der Waals surface area contributed by atoms with E-state index in [0.717, 1.165) is 0 Å². The summed E-state index contributed by atoms with van der Waals surface area (Å²) in [5.41, 5.74) is 2.02. The third-order valence-electron chi connectivity index (χ3n) is 3.60. The van der Waals surface area contributed by atoms with E-state index < -0.39 is 6.04 Å². The predicted molar refractivity (Wildman–Crippen MR) is 102 cm³/mol. The minimum Gasteiger partial charge on any atom is -0.497 e. The number of hydrogen-bond acceptors (Lipinski definition) is 5. The minimum absolute atomic E-state index is 0.145. The van der Waals surface area contributed by atoms with E-state index in [9.17, 15) is 9.59 Å². The second kappa shape index (κ2) is 8.75. The van der Waals surface area contributed by atoms with Crippen molar-refractivity contribution in [2.75, 3.05) is 30.2 Å². The molecule has 2 aromatic rings. The fourth-order valence-corrected chi connectivity index (χ4v) is 2.30. The summed E-state index contributed by atoms with van der Waals surface area (Å²) >= 11 is 0. The molecule has 0 saturated heterocycles. The molecule has 0 aromatic heterocycles. The van der Waals surface area contributed by atoms with Gasteiger partial charge in [-0.15, -0.1) is 0 Å². The first kappa shape index (κ1) is 19.1. The monoisotopic (exact) mass is 357 g/mol. The number of methoxy groups -OCH3 is 2. The molecule has 2 aromatic carbocycles. The molecular weight excluding hydrogens is 334 g/mol. The van der Waals surface area contributed by atoms with Gasteiger partial charge in [0.2, 0.25) is 11.8 Å². The van der Waals surface area contributed by atoms with Gasteiger partial charge in [-0.05, 0) is 31.2 Å². The molecule has 0 spiro atoms. The Morgan fingerprint density at radius 2 is 1.35 bits per heavy atom. The molecule has 0 heterocycles. The van der Waals surface area contributed by atoms with Gasteiger partial charge in [-0.1, -0.05) is 0 Å². The molecule has 0 saturated carbocycles. The van der Waals surface area contributed by atoms with Crippen LogP contribution in [0.4, 0.5) is 17.1 Å². The number of carbonyl (C=O) groups is 2. The Hall–Kier alpha value is -3.22. The van der Waals surface area contributed by atoms with E-state index in [4.69, 9.17) is 9.47 Å². The predicted octanol–water partition coefficient (Wildman–Crippen LogP) is 3.10. The zero-order valence-electron chi connectivity index (χ0n) is 15.3. The quantitative estimate of drug-likeness (QED) is 0.709. The van der Waals surface area contributed by atoms with Crippen molar-refractivity contribution in [1.29, 1.82) is 0 Å². The van der Waals surface area contributed by atoms with Gasteiger partial charge in [0.25, 0.3) is 0 Å². The normalized spacial score (nSPS) is 11.2. The molecule has 7 heteroatoms. The van der Waals surface area contributed by atoms with Crippen LogP contribution < -0.4 is 25.4 Å². The average molecular weight is 357 g/mol. The number of anilines is 3. The second-order valence-corrected chi connectivity index (χ2v) is 5.72. The number of ether oxygens (including phenoxy) is 2. The summed E-state index contributed by atoms with van der Waals surface area (Å²) in [4.78, 5) is 23.4. The fourth-order valence-electron chi connectivity index (χ4n) is 2.30. The van der Waals surface area contributed by atoms with Crippen molar-refractivity contribution in [2.45, 2.75) is 19.9 Å². The van der Waals surface area contributed by atoms with Crippen LogP contribution >= 0.6 is 0 Å². The number of hydrogen-bond donors (Lipinski definition) is 3. The Labute approximate surface area is 152 Å². The highest BCUT2D eigenvalue weighted by Crippen LogP contribution is 2.26. The van der Waals surface area contributed by atoms with Crippen LogP contribution in [0.3, 0.4) is 0 Å². The van der Waals surface area contributed by atoms with Crippen LogP contribution in [0.25, 0.3) is 0 Å². The molecular formula is C19H23N3O4. The molecule has 1 atom stereocenters. The van der Waals surface area contributed by atoms with Crippen LogP contribution in [-0.2, 0) is 9.59 Å². The van der Waals surface area contributed by atoms with Gasteiger partial charge in [0.15, 0.2) is 0 Å². The maximum Gasteiger partial charge on any atom is 0.246 e. The summed E-state index contributed by atoms with van der Waals surface area (Å²) in [5, 5.41) is 8.62. The third kappa shape index (κ3) is 5.41. The van der Waals surface area contributed by atoms with E-state index in [-0.39, 0.29) is 11.8 Å². The van der Waals surface area contributed by atoms with Crippen LogP contribution in [-0.4, -0.2) is 32.1 Å². The van der Waals surface area contributed by atoms with Crippen molar-refractivity contribution in [3.63, 3.8) is 0 Å². The topological polar surface area (TPSA) is 88.7 Å². The summed E-state index contributed by atoms with van der Waals surface area (Å²) in [7, 11) is 3.14. The summed E-state index contributed by atoms with van der Waals surface area (Å²) in [5.74, 6) is 0.924. The van der Waals surface area contributed by atoms with Gasteiger partial charge in [0.05, 0.1) is 14.2 Å². The van der Waals surface area contributed by atoms with E-state index in [0.29, 0.717) is 28.6 Å². The molecule has 26 heavy (non-hydrogen) atoms. The summed E-state index contributed by atoms with van der Waals surface area (Å²) < 4.78 is 10.4. The Kier molecular flexibility index (Phi) is 6.43. The molecule has 0 fully saturated rings. The maximum atomic E-state index is 12.4. The minimum atomic E-state index is -0.484. The van der Waals surface area contributed by atoms with Crippen LogP contribution in [0.5, 0.6) is 11.5 Å². The van der Waals surface area contributed by atoms with E-state index in [2.05, 4.69) is 16.0 Å². The van der Waals surface area contributed by atoms with Gasteiger partial charge in [0, 0.05) is 42.2 Å². The van der Waals surface area contributed by atoms with Gasteiger partial charge in [-0.2, -0.15) is 0 Å².